The molecule has 1 heteroatoms. The molecule has 0 fully saturated rings. The van der Waals surface area contributed by atoms with Gasteiger partial charge in [0.05, 0.1) is 0 Å². The predicted molar refractivity (Wildman–Crippen MR) is 112 cm³/mol. The van der Waals surface area contributed by atoms with Gasteiger partial charge in [0, 0.05) is 5.56 Å². The third-order valence-corrected chi connectivity index (χ3v) is 5.97. The number of hydrogen-bond donors (Lipinski definition) is 1. The lowest BCUT2D eigenvalue weighted by Gasteiger charge is -2.39. The van der Waals surface area contributed by atoms with Crippen LogP contribution < -0.4 is 0 Å². The van der Waals surface area contributed by atoms with E-state index in [-0.39, 0.29) is 16.2 Å². The summed E-state index contributed by atoms with van der Waals surface area (Å²) >= 11 is 0. The second kappa shape index (κ2) is 7.72. The molecule has 1 N–H and O–H groups in total. The van der Waals surface area contributed by atoms with Crippen LogP contribution >= 0.6 is 0 Å². The molecular formula is C24H42O. The topological polar surface area (TPSA) is 20.2 Å². The third-order valence-electron chi connectivity index (χ3n) is 5.97. The highest BCUT2D eigenvalue weighted by atomic mass is 16.3. The van der Waals surface area contributed by atoms with Gasteiger partial charge in [-0.05, 0) is 58.6 Å². The van der Waals surface area contributed by atoms with Gasteiger partial charge in [-0.1, -0.05) is 81.7 Å². The van der Waals surface area contributed by atoms with E-state index < -0.39 is 0 Å². The summed E-state index contributed by atoms with van der Waals surface area (Å²) in [5.74, 6) is 0.526. The fourth-order valence-electron chi connectivity index (χ4n) is 4.53. The molecule has 0 saturated carbocycles. The Balaban J connectivity index is 4.02. The van der Waals surface area contributed by atoms with Gasteiger partial charge in [0.2, 0.25) is 0 Å². The summed E-state index contributed by atoms with van der Waals surface area (Å²) in [6.45, 7) is 22.5. The molecule has 0 amide bonds. The Morgan fingerprint density at radius 3 is 1.64 bits per heavy atom. The zero-order chi connectivity index (χ0) is 19.6. The molecular weight excluding hydrogens is 304 g/mol. The van der Waals surface area contributed by atoms with Crippen LogP contribution in [0.4, 0.5) is 0 Å². The highest BCUT2D eigenvalue weighted by molar-refractivity contribution is 5.57. The minimum absolute atomic E-state index is 0.0646. The van der Waals surface area contributed by atoms with E-state index in [0.717, 1.165) is 24.8 Å². The second-order valence-corrected chi connectivity index (χ2v) is 9.76. The van der Waals surface area contributed by atoms with Gasteiger partial charge < -0.3 is 5.11 Å². The molecule has 0 unspecified atom stereocenters. The van der Waals surface area contributed by atoms with E-state index in [9.17, 15) is 5.11 Å². The molecule has 144 valence electrons. The van der Waals surface area contributed by atoms with Gasteiger partial charge >= 0.3 is 0 Å². The Hall–Kier alpha value is -0.980. The van der Waals surface area contributed by atoms with Crippen molar-refractivity contribution in [1.82, 2.24) is 0 Å². The van der Waals surface area contributed by atoms with Crippen LogP contribution in [0.5, 0.6) is 5.75 Å². The maximum absolute atomic E-state index is 11.2. The van der Waals surface area contributed by atoms with Crippen molar-refractivity contribution in [3.05, 3.63) is 28.3 Å². The molecule has 0 saturated heterocycles. The van der Waals surface area contributed by atoms with Crippen molar-refractivity contribution in [3.8, 4) is 5.75 Å². The highest BCUT2D eigenvalue weighted by Crippen LogP contribution is 2.48. The Morgan fingerprint density at radius 1 is 0.800 bits per heavy atom. The zero-order valence-corrected chi connectivity index (χ0v) is 18.6. The molecule has 0 radical (unpaired) electrons. The third kappa shape index (κ3) is 4.23. The average Bonchev–Trinajstić information content (AvgIpc) is 2.49. The smallest absolute Gasteiger partial charge is 0.123 e. The van der Waals surface area contributed by atoms with Crippen molar-refractivity contribution in [1.29, 1.82) is 0 Å². The average molecular weight is 347 g/mol. The van der Waals surface area contributed by atoms with Crippen LogP contribution in [0, 0.1) is 0 Å². The van der Waals surface area contributed by atoms with Gasteiger partial charge in [0.25, 0.3) is 0 Å². The normalized spacial score (nSPS) is 13.4. The summed E-state index contributed by atoms with van der Waals surface area (Å²) in [7, 11) is 0. The molecule has 1 aromatic rings. The van der Waals surface area contributed by atoms with Crippen LogP contribution in [0.15, 0.2) is 6.07 Å². The van der Waals surface area contributed by atoms with Gasteiger partial charge in [0.1, 0.15) is 5.75 Å². The van der Waals surface area contributed by atoms with Gasteiger partial charge in [-0.25, -0.2) is 0 Å². The summed E-state index contributed by atoms with van der Waals surface area (Å²) < 4.78 is 0. The number of phenols is 1. The quantitative estimate of drug-likeness (QED) is 0.568. The van der Waals surface area contributed by atoms with Crippen molar-refractivity contribution in [2.75, 3.05) is 0 Å². The van der Waals surface area contributed by atoms with Crippen molar-refractivity contribution in [2.24, 2.45) is 0 Å². The molecule has 1 aromatic carbocycles. The molecule has 1 nitrogen and oxygen atoms in total. The minimum Gasteiger partial charge on any atom is -0.507 e. The second-order valence-electron chi connectivity index (χ2n) is 9.76. The number of rotatable bonds is 6. The maximum Gasteiger partial charge on any atom is 0.123 e. The lowest BCUT2D eigenvalue weighted by atomic mass is 9.66. The summed E-state index contributed by atoms with van der Waals surface area (Å²) in [5.41, 5.74) is 5.24. The van der Waals surface area contributed by atoms with E-state index in [0.29, 0.717) is 5.75 Å². The first-order valence-electron chi connectivity index (χ1n) is 10.3. The Kier molecular flexibility index (Phi) is 6.81. The van der Waals surface area contributed by atoms with Crippen molar-refractivity contribution >= 4 is 0 Å². The van der Waals surface area contributed by atoms with E-state index in [1.165, 1.54) is 29.5 Å². The van der Waals surface area contributed by atoms with Crippen molar-refractivity contribution < 1.29 is 5.11 Å². The first kappa shape index (κ1) is 22.1. The molecule has 25 heavy (non-hydrogen) atoms. The Labute approximate surface area is 157 Å². The lowest BCUT2D eigenvalue weighted by Crippen LogP contribution is -2.29. The molecule has 0 aliphatic carbocycles. The fourth-order valence-corrected chi connectivity index (χ4v) is 4.53. The van der Waals surface area contributed by atoms with E-state index in [2.05, 4.69) is 75.3 Å². The molecule has 1 rings (SSSR count). The first-order valence-corrected chi connectivity index (χ1v) is 10.3. The minimum atomic E-state index is -0.0649. The van der Waals surface area contributed by atoms with Gasteiger partial charge in [0.15, 0.2) is 0 Å². The number of hydrogen-bond acceptors (Lipinski definition) is 1. The molecule has 0 aromatic heterocycles. The Morgan fingerprint density at radius 2 is 1.32 bits per heavy atom. The van der Waals surface area contributed by atoms with Crippen LogP contribution in [0.3, 0.4) is 0 Å². The monoisotopic (exact) mass is 346 g/mol. The van der Waals surface area contributed by atoms with Crippen molar-refractivity contribution in [3.63, 3.8) is 0 Å². The van der Waals surface area contributed by atoms with E-state index in [1.807, 2.05) is 0 Å². The number of benzene rings is 1. The maximum atomic E-state index is 11.2. The summed E-state index contributed by atoms with van der Waals surface area (Å²) in [6.07, 6.45) is 5.70. The van der Waals surface area contributed by atoms with Gasteiger partial charge in [-0.15, -0.1) is 0 Å². The molecule has 0 atom stereocenters. The largest absolute Gasteiger partial charge is 0.507 e. The van der Waals surface area contributed by atoms with Crippen LogP contribution in [-0.4, -0.2) is 5.11 Å². The van der Waals surface area contributed by atoms with Gasteiger partial charge in [-0.3, -0.25) is 0 Å². The molecule has 0 bridgehead atoms. The predicted octanol–water partition coefficient (Wildman–Crippen LogP) is 7.41. The Bertz CT molecular complexity index is 578. The van der Waals surface area contributed by atoms with Crippen LogP contribution in [0.1, 0.15) is 117 Å². The summed E-state index contributed by atoms with van der Waals surface area (Å²) in [5, 5.41) is 11.2. The fraction of sp³-hybridized carbons (Fsp3) is 0.750. The standard InChI is InChI=1S/C24H42O/c1-11-15-24(13-3,14-4)18-16-19(22(5,6)7)21(25)20(17(18)12-2)23(8,9)10/h16,25H,11-15H2,1-10H3. The number of phenolic OH excluding ortho intramolecular Hbond substituents is 1. The summed E-state index contributed by atoms with van der Waals surface area (Å²) in [6, 6.07) is 2.35. The number of aromatic hydroxyl groups is 1. The molecule has 0 spiro atoms. The van der Waals surface area contributed by atoms with E-state index in [4.69, 9.17) is 0 Å². The molecule has 0 aliphatic heterocycles. The summed E-state index contributed by atoms with van der Waals surface area (Å²) in [4.78, 5) is 0. The van der Waals surface area contributed by atoms with Crippen LogP contribution in [0.25, 0.3) is 0 Å². The van der Waals surface area contributed by atoms with Gasteiger partial charge in [-0.2, -0.15) is 0 Å². The lowest BCUT2D eigenvalue weighted by molar-refractivity contribution is 0.353. The van der Waals surface area contributed by atoms with E-state index >= 15 is 0 Å². The van der Waals surface area contributed by atoms with Crippen LogP contribution in [0.2, 0.25) is 0 Å². The highest BCUT2D eigenvalue weighted by Gasteiger charge is 2.36. The zero-order valence-electron chi connectivity index (χ0n) is 18.6. The van der Waals surface area contributed by atoms with E-state index in [1.54, 1.807) is 0 Å². The SMILES string of the molecule is CCCC(CC)(CC)c1cc(C(C)(C)C)c(O)c(C(C)(C)C)c1CC. The van der Waals surface area contributed by atoms with Crippen molar-refractivity contribution in [2.45, 2.75) is 118 Å². The molecule has 0 aliphatic rings. The molecule has 0 heterocycles. The first-order chi connectivity index (χ1) is 11.4. The van der Waals surface area contributed by atoms with Crippen LogP contribution in [-0.2, 0) is 22.7 Å².